The molecule has 7 heteroatoms. The molecule has 2 aromatic carbocycles. The first-order valence-electron chi connectivity index (χ1n) is 11.1. The summed E-state index contributed by atoms with van der Waals surface area (Å²) >= 11 is 0. The Bertz CT molecular complexity index is 1040. The second-order valence-electron chi connectivity index (χ2n) is 8.42. The summed E-state index contributed by atoms with van der Waals surface area (Å²) in [5.74, 6) is -0.403. The summed E-state index contributed by atoms with van der Waals surface area (Å²) in [4.78, 5) is 29.6. The van der Waals surface area contributed by atoms with E-state index in [-0.39, 0.29) is 11.3 Å². The van der Waals surface area contributed by atoms with Crippen molar-refractivity contribution in [2.45, 2.75) is 26.3 Å². The van der Waals surface area contributed by atoms with Crippen LogP contribution < -0.4 is 9.47 Å². The molecular weight excluding hydrogens is 420 g/mol. The van der Waals surface area contributed by atoms with Gasteiger partial charge in [-0.1, -0.05) is 42.8 Å². The Balaban J connectivity index is 2.14. The number of carbonyl (C=O) groups excluding carboxylic acids is 2. The minimum Gasteiger partial charge on any atom is -0.507 e. The predicted octanol–water partition coefficient (Wildman–Crippen LogP) is 3.78. The number of aliphatic hydroxyl groups excluding tert-OH is 1. The van der Waals surface area contributed by atoms with Crippen LogP contribution in [-0.2, 0) is 9.59 Å². The number of aryl methyl sites for hydroxylation is 1. The summed E-state index contributed by atoms with van der Waals surface area (Å²) in [6.07, 6.45) is 0.853. The second kappa shape index (κ2) is 10.5. The van der Waals surface area contributed by atoms with Crippen LogP contribution in [0.4, 0.5) is 0 Å². The monoisotopic (exact) mass is 452 g/mol. The highest BCUT2D eigenvalue weighted by Crippen LogP contribution is 2.41. The molecular formula is C26H32N2O5. The van der Waals surface area contributed by atoms with Gasteiger partial charge in [-0.25, -0.2) is 0 Å². The summed E-state index contributed by atoms with van der Waals surface area (Å²) in [5.41, 5.74) is 2.27. The highest BCUT2D eigenvalue weighted by molar-refractivity contribution is 6.46. The lowest BCUT2D eigenvalue weighted by Gasteiger charge is -2.27. The summed E-state index contributed by atoms with van der Waals surface area (Å²) in [5, 5.41) is 11.1. The predicted molar refractivity (Wildman–Crippen MR) is 128 cm³/mol. The molecule has 0 radical (unpaired) electrons. The van der Waals surface area contributed by atoms with Crippen molar-refractivity contribution < 1.29 is 24.2 Å². The zero-order valence-corrected chi connectivity index (χ0v) is 19.9. The Kier molecular flexibility index (Phi) is 7.76. The molecule has 1 atom stereocenters. The third kappa shape index (κ3) is 5.20. The maximum atomic E-state index is 13.1. The molecule has 1 aliphatic rings. The molecule has 1 fully saturated rings. The van der Waals surface area contributed by atoms with Crippen LogP contribution in [0.1, 0.15) is 36.1 Å². The first-order valence-corrected chi connectivity index (χ1v) is 11.1. The van der Waals surface area contributed by atoms with E-state index in [4.69, 9.17) is 9.47 Å². The lowest BCUT2D eigenvalue weighted by molar-refractivity contribution is -0.140. The fraction of sp³-hybridized carbons (Fsp3) is 0.385. The molecule has 33 heavy (non-hydrogen) atoms. The molecule has 3 rings (SSSR count). The summed E-state index contributed by atoms with van der Waals surface area (Å²) in [6, 6.07) is 11.8. The van der Waals surface area contributed by atoms with Crippen LogP contribution >= 0.6 is 0 Å². The number of hydrogen-bond donors (Lipinski definition) is 1. The van der Waals surface area contributed by atoms with Gasteiger partial charge >= 0.3 is 0 Å². The molecule has 1 N–H and O–H groups in total. The van der Waals surface area contributed by atoms with Gasteiger partial charge in [-0.3, -0.25) is 9.59 Å². The van der Waals surface area contributed by atoms with Gasteiger partial charge in [0.25, 0.3) is 11.7 Å². The van der Waals surface area contributed by atoms with Crippen molar-refractivity contribution in [2.75, 3.05) is 40.9 Å². The van der Waals surface area contributed by atoms with Gasteiger partial charge in [0.1, 0.15) is 5.76 Å². The van der Waals surface area contributed by atoms with E-state index in [1.807, 2.05) is 51.0 Å². The molecule has 0 spiro atoms. The zero-order valence-electron chi connectivity index (χ0n) is 19.9. The van der Waals surface area contributed by atoms with E-state index in [1.165, 1.54) is 4.90 Å². The van der Waals surface area contributed by atoms with Crippen LogP contribution in [0.3, 0.4) is 0 Å². The number of benzene rings is 2. The molecule has 2 aromatic rings. The van der Waals surface area contributed by atoms with Gasteiger partial charge in [0.2, 0.25) is 0 Å². The van der Waals surface area contributed by atoms with E-state index in [0.717, 1.165) is 12.0 Å². The van der Waals surface area contributed by atoms with Crippen molar-refractivity contribution in [3.05, 3.63) is 64.7 Å². The second-order valence-corrected chi connectivity index (χ2v) is 8.42. The van der Waals surface area contributed by atoms with Crippen molar-refractivity contribution in [3.8, 4) is 11.5 Å². The minimum absolute atomic E-state index is 0.0758. The SMILES string of the molecule is CCCOc1ccc([C@H]2C(=C(O)c3ccc(C)cc3)C(=O)C(=O)N2CCN(C)C)cc1OC. The van der Waals surface area contributed by atoms with Crippen LogP contribution in [0.5, 0.6) is 11.5 Å². The van der Waals surface area contributed by atoms with Gasteiger partial charge in [0.05, 0.1) is 25.3 Å². The molecule has 176 valence electrons. The molecule has 1 heterocycles. The van der Waals surface area contributed by atoms with Crippen LogP contribution in [0.15, 0.2) is 48.0 Å². The Morgan fingerprint density at radius 3 is 2.39 bits per heavy atom. The summed E-state index contributed by atoms with van der Waals surface area (Å²) in [7, 11) is 5.36. The summed E-state index contributed by atoms with van der Waals surface area (Å²) < 4.78 is 11.3. The lowest BCUT2D eigenvalue weighted by Crippen LogP contribution is -2.35. The molecule has 7 nitrogen and oxygen atoms in total. The van der Waals surface area contributed by atoms with Gasteiger partial charge in [-0.05, 0) is 45.1 Å². The van der Waals surface area contributed by atoms with E-state index >= 15 is 0 Å². The van der Waals surface area contributed by atoms with Crippen LogP contribution in [-0.4, -0.2) is 67.5 Å². The molecule has 0 unspecified atom stereocenters. The van der Waals surface area contributed by atoms with Crippen LogP contribution in [0.25, 0.3) is 5.76 Å². The maximum Gasteiger partial charge on any atom is 0.295 e. The van der Waals surface area contributed by atoms with Crippen molar-refractivity contribution in [1.82, 2.24) is 9.80 Å². The van der Waals surface area contributed by atoms with E-state index in [1.54, 1.807) is 31.4 Å². The average Bonchev–Trinajstić information content (AvgIpc) is 3.06. The Morgan fingerprint density at radius 1 is 1.09 bits per heavy atom. The van der Waals surface area contributed by atoms with E-state index in [0.29, 0.717) is 42.3 Å². The molecule has 0 aliphatic carbocycles. The van der Waals surface area contributed by atoms with E-state index in [2.05, 4.69) is 0 Å². The minimum atomic E-state index is -0.736. The molecule has 1 saturated heterocycles. The van der Waals surface area contributed by atoms with Crippen molar-refractivity contribution in [2.24, 2.45) is 0 Å². The number of aliphatic hydroxyl groups is 1. The molecule has 1 amide bonds. The normalized spacial score (nSPS) is 17.6. The van der Waals surface area contributed by atoms with E-state index in [9.17, 15) is 14.7 Å². The first kappa shape index (κ1) is 24.3. The van der Waals surface area contributed by atoms with Gasteiger partial charge in [0.15, 0.2) is 11.5 Å². The van der Waals surface area contributed by atoms with Crippen molar-refractivity contribution in [3.63, 3.8) is 0 Å². The summed E-state index contributed by atoms with van der Waals surface area (Å²) in [6.45, 7) is 5.42. The fourth-order valence-corrected chi connectivity index (χ4v) is 3.82. The number of carbonyl (C=O) groups is 2. The topological polar surface area (TPSA) is 79.3 Å². The van der Waals surface area contributed by atoms with Crippen LogP contribution in [0, 0.1) is 6.92 Å². The van der Waals surface area contributed by atoms with Gasteiger partial charge in [0, 0.05) is 18.7 Å². The number of amides is 1. The number of nitrogens with zero attached hydrogens (tertiary/aromatic N) is 2. The maximum absolute atomic E-state index is 13.1. The van der Waals surface area contributed by atoms with Gasteiger partial charge in [-0.15, -0.1) is 0 Å². The quantitative estimate of drug-likeness (QED) is 0.354. The smallest absolute Gasteiger partial charge is 0.295 e. The average molecular weight is 453 g/mol. The Labute approximate surface area is 195 Å². The lowest BCUT2D eigenvalue weighted by atomic mass is 9.94. The number of likely N-dealkylation sites (N-methyl/N-ethyl adjacent to an activating group) is 1. The third-order valence-electron chi connectivity index (χ3n) is 5.62. The number of methoxy groups -OCH3 is 1. The molecule has 0 bridgehead atoms. The highest BCUT2D eigenvalue weighted by Gasteiger charge is 2.46. The number of ketones is 1. The number of likely N-dealkylation sites (tertiary alicyclic amines) is 1. The standard InChI is InChI=1S/C26H32N2O5/c1-6-15-33-20-12-11-19(16-21(20)32-5)23-22(24(29)18-9-7-17(2)8-10-18)25(30)26(31)28(23)14-13-27(3)4/h7-12,16,23,29H,6,13-15H2,1-5H3/t23-/m0/s1. The molecule has 1 aliphatic heterocycles. The van der Waals surface area contributed by atoms with Crippen molar-refractivity contribution >= 4 is 17.4 Å². The molecule has 0 saturated carbocycles. The highest BCUT2D eigenvalue weighted by atomic mass is 16.5. The van der Waals surface area contributed by atoms with Gasteiger partial charge in [-0.2, -0.15) is 0 Å². The number of Topliss-reactive ketones (excluding diaryl/α,β-unsaturated/α-hetero) is 1. The zero-order chi connectivity index (χ0) is 24.1. The number of ether oxygens (including phenoxy) is 2. The largest absolute Gasteiger partial charge is 0.507 e. The number of rotatable bonds is 9. The Hall–Kier alpha value is -3.32. The number of hydrogen-bond acceptors (Lipinski definition) is 6. The van der Waals surface area contributed by atoms with Crippen molar-refractivity contribution in [1.29, 1.82) is 0 Å². The van der Waals surface area contributed by atoms with Crippen LogP contribution in [0.2, 0.25) is 0 Å². The first-order chi connectivity index (χ1) is 15.8. The third-order valence-corrected chi connectivity index (χ3v) is 5.62. The molecule has 0 aromatic heterocycles. The van der Waals surface area contributed by atoms with E-state index < -0.39 is 17.7 Å². The fourth-order valence-electron chi connectivity index (χ4n) is 3.82. The van der Waals surface area contributed by atoms with Gasteiger partial charge < -0.3 is 24.4 Å². The Morgan fingerprint density at radius 2 is 1.79 bits per heavy atom.